The van der Waals surface area contributed by atoms with Crippen molar-refractivity contribution in [3.05, 3.63) is 64.7 Å². The number of fused-ring (bicyclic) bond motifs is 1. The second-order valence-electron chi connectivity index (χ2n) is 13.2. The summed E-state index contributed by atoms with van der Waals surface area (Å²) in [6.07, 6.45) is 6.14. The highest BCUT2D eigenvalue weighted by Crippen LogP contribution is 2.39. The van der Waals surface area contributed by atoms with Gasteiger partial charge in [0.1, 0.15) is 5.84 Å². The third kappa shape index (κ3) is 6.73. The number of rotatable bonds is 7. The quantitative estimate of drug-likeness (QED) is 0.474. The summed E-state index contributed by atoms with van der Waals surface area (Å²) in [4.78, 5) is 35.4. The molecular formula is C34H46N4O3. The fraction of sp³-hybridized carbons (Fsp3) is 0.559. The Morgan fingerprint density at radius 2 is 1.76 bits per heavy atom. The highest BCUT2D eigenvalue weighted by atomic mass is 16.3. The minimum absolute atomic E-state index is 0.0329. The normalized spacial score (nSPS) is 24.2. The molecule has 0 bridgehead atoms. The van der Waals surface area contributed by atoms with E-state index in [9.17, 15) is 14.7 Å². The molecule has 7 heteroatoms. The molecule has 41 heavy (non-hydrogen) atoms. The molecular weight excluding hydrogens is 512 g/mol. The largest absolute Gasteiger partial charge is 0.389 e. The van der Waals surface area contributed by atoms with E-state index in [2.05, 4.69) is 33.3 Å². The Labute approximate surface area is 245 Å². The second kappa shape index (κ2) is 12.1. The monoisotopic (exact) mass is 558 g/mol. The number of nitrogens with one attached hydrogen (secondary N) is 1. The molecule has 2 aromatic carbocycles. The van der Waals surface area contributed by atoms with Crippen LogP contribution in [0.25, 0.3) is 0 Å². The van der Waals surface area contributed by atoms with Crippen LogP contribution in [0.5, 0.6) is 0 Å². The van der Waals surface area contributed by atoms with Crippen LogP contribution in [0.4, 0.5) is 5.69 Å². The molecule has 2 aromatic rings. The van der Waals surface area contributed by atoms with Gasteiger partial charge in [-0.25, -0.2) is 0 Å². The lowest BCUT2D eigenvalue weighted by Gasteiger charge is -2.36. The van der Waals surface area contributed by atoms with Crippen LogP contribution in [0, 0.1) is 12.8 Å². The minimum atomic E-state index is -0.740. The van der Waals surface area contributed by atoms with E-state index in [4.69, 9.17) is 4.99 Å². The van der Waals surface area contributed by atoms with Gasteiger partial charge in [-0.3, -0.25) is 14.5 Å². The summed E-state index contributed by atoms with van der Waals surface area (Å²) in [6, 6.07) is 14.7. The van der Waals surface area contributed by atoms with Crippen molar-refractivity contribution in [1.82, 2.24) is 10.2 Å². The third-order valence-corrected chi connectivity index (χ3v) is 8.99. The molecule has 1 aliphatic carbocycles. The molecule has 3 aliphatic rings. The van der Waals surface area contributed by atoms with E-state index in [1.165, 1.54) is 11.1 Å². The number of carbonyl (C=O) groups excluding carboxylic acids is 2. The van der Waals surface area contributed by atoms with Crippen molar-refractivity contribution in [2.45, 2.75) is 110 Å². The summed E-state index contributed by atoms with van der Waals surface area (Å²) < 4.78 is 0. The molecule has 2 amide bonds. The highest BCUT2D eigenvalue weighted by molar-refractivity contribution is 6.12. The zero-order valence-electron chi connectivity index (χ0n) is 25.3. The average molecular weight is 559 g/mol. The number of likely N-dealkylation sites (tertiary alicyclic amines) is 1. The average Bonchev–Trinajstić information content (AvgIpc) is 3.53. The zero-order chi connectivity index (χ0) is 29.3. The Balaban J connectivity index is 1.41. The van der Waals surface area contributed by atoms with Crippen molar-refractivity contribution in [3.63, 3.8) is 0 Å². The summed E-state index contributed by atoms with van der Waals surface area (Å²) in [5.74, 6) is 0.769. The Morgan fingerprint density at radius 1 is 1.05 bits per heavy atom. The third-order valence-electron chi connectivity index (χ3n) is 8.99. The van der Waals surface area contributed by atoms with Crippen molar-refractivity contribution < 1.29 is 14.7 Å². The summed E-state index contributed by atoms with van der Waals surface area (Å²) >= 11 is 0. The van der Waals surface area contributed by atoms with Crippen molar-refractivity contribution in [2.24, 2.45) is 10.9 Å². The van der Waals surface area contributed by atoms with Crippen molar-refractivity contribution in [3.8, 4) is 0 Å². The van der Waals surface area contributed by atoms with E-state index in [1.807, 2.05) is 58.9 Å². The maximum absolute atomic E-state index is 13.3. The van der Waals surface area contributed by atoms with E-state index in [0.29, 0.717) is 12.0 Å². The number of anilines is 1. The second-order valence-corrected chi connectivity index (χ2v) is 13.2. The first-order valence-corrected chi connectivity index (χ1v) is 15.4. The predicted molar refractivity (Wildman–Crippen MR) is 164 cm³/mol. The lowest BCUT2D eigenvalue weighted by atomic mass is 9.84. The van der Waals surface area contributed by atoms with Crippen molar-refractivity contribution in [1.29, 1.82) is 0 Å². The predicted octanol–water partition coefficient (Wildman–Crippen LogP) is 5.42. The van der Waals surface area contributed by atoms with Crippen molar-refractivity contribution >= 4 is 23.3 Å². The molecule has 1 saturated carbocycles. The van der Waals surface area contributed by atoms with Gasteiger partial charge in [-0.2, -0.15) is 4.99 Å². The molecule has 0 radical (unpaired) electrons. The molecule has 220 valence electrons. The van der Waals surface area contributed by atoms with E-state index >= 15 is 0 Å². The highest BCUT2D eigenvalue weighted by Gasteiger charge is 2.38. The molecule has 1 atom stereocenters. The van der Waals surface area contributed by atoms with Crippen LogP contribution in [0.15, 0.2) is 47.5 Å². The van der Waals surface area contributed by atoms with Gasteiger partial charge in [-0.05, 0) is 109 Å². The Bertz CT molecular complexity index is 1290. The number of amidine groups is 1. The Morgan fingerprint density at radius 3 is 2.41 bits per heavy atom. The van der Waals surface area contributed by atoms with Crippen molar-refractivity contribution in [2.75, 3.05) is 11.4 Å². The molecule has 1 saturated heterocycles. The topological polar surface area (TPSA) is 85.2 Å². The number of benzene rings is 2. The van der Waals surface area contributed by atoms with Crippen LogP contribution in [-0.4, -0.2) is 57.9 Å². The van der Waals surface area contributed by atoms with E-state index in [1.54, 1.807) is 0 Å². The number of carbonyl (C=O) groups is 2. The maximum Gasteiger partial charge on any atom is 0.278 e. The number of amides is 2. The molecule has 2 fully saturated rings. The van der Waals surface area contributed by atoms with Crippen LogP contribution >= 0.6 is 0 Å². The van der Waals surface area contributed by atoms with Gasteiger partial charge in [-0.1, -0.05) is 29.8 Å². The van der Waals surface area contributed by atoms with Gasteiger partial charge in [0.05, 0.1) is 5.60 Å². The van der Waals surface area contributed by atoms with Crippen LogP contribution < -0.4 is 10.2 Å². The first-order valence-electron chi connectivity index (χ1n) is 15.4. The van der Waals surface area contributed by atoms with Gasteiger partial charge in [-0.15, -0.1) is 0 Å². The Hall–Kier alpha value is -3.03. The molecule has 5 rings (SSSR count). The number of nitrogens with zero attached hydrogens (tertiary/aromatic N) is 3. The fourth-order valence-corrected chi connectivity index (χ4v) is 6.90. The van der Waals surface area contributed by atoms with Crippen LogP contribution in [0.3, 0.4) is 0 Å². The van der Waals surface area contributed by atoms with Crippen LogP contribution in [0.2, 0.25) is 0 Å². The number of hydrogen-bond donors (Lipinski definition) is 2. The molecule has 2 heterocycles. The number of aryl methyl sites for hydroxylation is 1. The van der Waals surface area contributed by atoms with Crippen LogP contribution in [0.1, 0.15) is 93.3 Å². The first-order chi connectivity index (χ1) is 19.5. The molecule has 2 N–H and O–H groups in total. The smallest absolute Gasteiger partial charge is 0.278 e. The SMILES string of the molecule is Cc1ccc(C(=O)N=C2Cc3ccc(CN4CCC[C@H]4C(C)(C)O)cc3N2C2CCC(C(=O)NC(C)C)CC2)cc1. The van der Waals surface area contributed by atoms with Crippen LogP contribution in [-0.2, 0) is 17.8 Å². The molecule has 0 aromatic heterocycles. The molecule has 0 spiro atoms. The standard InChI is InChI=1S/C34H46N4O3/c1-22(2)35-32(39)26-14-16-28(17-15-26)38-29-19-24(21-37-18-6-7-30(37)34(4,5)41)10-13-27(29)20-31(38)36-33(40)25-11-8-23(3)9-12-25/h8-13,19,22,26,28,30,41H,6-7,14-18,20-21H2,1-5H3,(H,35,39)/t26?,28?,30-/m0/s1. The fourth-order valence-electron chi connectivity index (χ4n) is 6.90. The summed E-state index contributed by atoms with van der Waals surface area (Å²) in [6.45, 7) is 11.6. The van der Waals surface area contributed by atoms with Gasteiger partial charge in [0.15, 0.2) is 0 Å². The lowest BCUT2D eigenvalue weighted by molar-refractivity contribution is -0.126. The van der Waals surface area contributed by atoms with E-state index in [-0.39, 0.29) is 35.9 Å². The summed E-state index contributed by atoms with van der Waals surface area (Å²) in [5.41, 5.74) is 4.49. The first kappa shape index (κ1) is 29.5. The lowest BCUT2D eigenvalue weighted by Crippen LogP contribution is -2.45. The van der Waals surface area contributed by atoms with Gasteiger partial charge < -0.3 is 15.3 Å². The van der Waals surface area contributed by atoms with Gasteiger partial charge >= 0.3 is 0 Å². The van der Waals surface area contributed by atoms with E-state index < -0.39 is 5.60 Å². The van der Waals surface area contributed by atoms with Gasteiger partial charge in [0.2, 0.25) is 5.91 Å². The summed E-state index contributed by atoms with van der Waals surface area (Å²) in [5, 5.41) is 13.8. The number of aliphatic hydroxyl groups is 1. The number of hydrogen-bond acceptors (Lipinski definition) is 4. The molecule has 0 unspecified atom stereocenters. The van der Waals surface area contributed by atoms with Gasteiger partial charge in [0.25, 0.3) is 5.91 Å². The minimum Gasteiger partial charge on any atom is -0.389 e. The maximum atomic E-state index is 13.3. The summed E-state index contributed by atoms with van der Waals surface area (Å²) in [7, 11) is 0. The van der Waals surface area contributed by atoms with Gasteiger partial charge in [0, 0.05) is 48.3 Å². The Kier molecular flexibility index (Phi) is 8.67. The number of aliphatic imine (C=N–C) groups is 1. The molecule has 7 nitrogen and oxygen atoms in total. The zero-order valence-corrected chi connectivity index (χ0v) is 25.3. The van der Waals surface area contributed by atoms with E-state index in [0.717, 1.165) is 68.7 Å². The molecule has 2 aliphatic heterocycles.